The summed E-state index contributed by atoms with van der Waals surface area (Å²) in [5, 5.41) is 8.61. The van der Waals surface area contributed by atoms with Gasteiger partial charge in [0, 0.05) is 6.07 Å². The first-order valence-corrected chi connectivity index (χ1v) is 5.70. The minimum absolute atomic E-state index is 0.0438. The van der Waals surface area contributed by atoms with Crippen LogP contribution >= 0.6 is 0 Å². The average molecular weight is 271 g/mol. The fourth-order valence-corrected chi connectivity index (χ4v) is 1.54. The van der Waals surface area contributed by atoms with Crippen LogP contribution in [0.25, 0.3) is 0 Å². The lowest BCUT2D eigenvalue weighted by Crippen LogP contribution is -2.08. The van der Waals surface area contributed by atoms with Gasteiger partial charge in [-0.3, -0.25) is 0 Å². The molecule has 0 atom stereocenters. The third-order valence-electron chi connectivity index (χ3n) is 2.60. The van der Waals surface area contributed by atoms with E-state index in [1.54, 1.807) is 30.3 Å². The zero-order valence-corrected chi connectivity index (χ0v) is 10.6. The summed E-state index contributed by atoms with van der Waals surface area (Å²) in [5.74, 6) is -0.683. The first-order chi connectivity index (χ1) is 9.63. The topological polar surface area (TPSA) is 59.3 Å². The zero-order valence-electron chi connectivity index (χ0n) is 10.6. The summed E-state index contributed by atoms with van der Waals surface area (Å²) in [5.41, 5.74) is 0.213. The van der Waals surface area contributed by atoms with Crippen LogP contribution in [0.2, 0.25) is 0 Å². The Morgan fingerprint density at radius 2 is 1.80 bits per heavy atom. The van der Waals surface area contributed by atoms with E-state index in [9.17, 15) is 9.18 Å². The van der Waals surface area contributed by atoms with Gasteiger partial charge in [-0.15, -0.1) is 0 Å². The maximum atomic E-state index is 13.4. The van der Waals surface area contributed by atoms with E-state index >= 15 is 0 Å². The molecule has 0 aliphatic heterocycles. The van der Waals surface area contributed by atoms with E-state index in [-0.39, 0.29) is 11.3 Å². The summed E-state index contributed by atoms with van der Waals surface area (Å²) in [6.07, 6.45) is 0. The Bertz CT molecular complexity index is 675. The molecule has 0 aromatic heterocycles. The Labute approximate surface area is 115 Å². The van der Waals surface area contributed by atoms with Crippen molar-refractivity contribution < 1.29 is 18.7 Å². The number of halogens is 1. The van der Waals surface area contributed by atoms with Crippen LogP contribution in [0.3, 0.4) is 0 Å². The highest BCUT2D eigenvalue weighted by atomic mass is 19.1. The summed E-state index contributed by atoms with van der Waals surface area (Å²) in [6.45, 7) is 0. The number of nitriles is 1. The molecule has 4 nitrogen and oxygen atoms in total. The van der Waals surface area contributed by atoms with Crippen molar-refractivity contribution in [3.8, 4) is 17.6 Å². The molecule has 2 rings (SSSR count). The number of rotatable bonds is 3. The van der Waals surface area contributed by atoms with Gasteiger partial charge in [0.1, 0.15) is 23.4 Å². The van der Waals surface area contributed by atoms with E-state index in [4.69, 9.17) is 14.7 Å². The molecule has 20 heavy (non-hydrogen) atoms. The third kappa shape index (κ3) is 2.93. The van der Waals surface area contributed by atoms with Crippen molar-refractivity contribution >= 4 is 5.97 Å². The van der Waals surface area contributed by atoms with Crippen molar-refractivity contribution in [1.82, 2.24) is 0 Å². The lowest BCUT2D eigenvalue weighted by Gasteiger charge is -2.05. The van der Waals surface area contributed by atoms with Gasteiger partial charge >= 0.3 is 5.97 Å². The predicted octanol–water partition coefficient (Wildman–Crippen LogP) is 2.93. The molecule has 2 aromatic carbocycles. The van der Waals surface area contributed by atoms with E-state index in [0.717, 1.165) is 6.07 Å². The molecular formula is C15H10FNO3. The lowest BCUT2D eigenvalue weighted by atomic mass is 10.2. The van der Waals surface area contributed by atoms with Gasteiger partial charge in [0.25, 0.3) is 0 Å². The number of benzene rings is 2. The number of ether oxygens (including phenoxy) is 2. The summed E-state index contributed by atoms with van der Waals surface area (Å²) >= 11 is 0. The summed E-state index contributed by atoms with van der Waals surface area (Å²) < 4.78 is 23.4. The molecule has 0 spiro atoms. The zero-order chi connectivity index (χ0) is 14.5. The first kappa shape index (κ1) is 13.6. The molecule has 0 saturated heterocycles. The minimum atomic E-state index is -0.729. The SMILES string of the molecule is COc1ccc(C(=O)Oc2ccc(C#N)c(F)c2)cc1. The second-order valence-electron chi connectivity index (χ2n) is 3.87. The van der Waals surface area contributed by atoms with E-state index in [2.05, 4.69) is 0 Å². The van der Waals surface area contributed by atoms with Crippen LogP contribution < -0.4 is 9.47 Å². The highest BCUT2D eigenvalue weighted by Crippen LogP contribution is 2.18. The molecule has 0 bridgehead atoms. The van der Waals surface area contributed by atoms with Crippen molar-refractivity contribution in [2.45, 2.75) is 0 Å². The van der Waals surface area contributed by atoms with Crippen LogP contribution in [0, 0.1) is 17.1 Å². The molecule has 0 amide bonds. The molecule has 2 aromatic rings. The van der Waals surface area contributed by atoms with Crippen LogP contribution in [0.1, 0.15) is 15.9 Å². The fraction of sp³-hybridized carbons (Fsp3) is 0.0667. The Balaban J connectivity index is 2.15. The monoisotopic (exact) mass is 271 g/mol. The molecule has 0 radical (unpaired) electrons. The second kappa shape index (κ2) is 5.85. The highest BCUT2D eigenvalue weighted by molar-refractivity contribution is 5.91. The molecule has 0 N–H and O–H groups in total. The van der Waals surface area contributed by atoms with Crippen LogP contribution in [0.15, 0.2) is 42.5 Å². The van der Waals surface area contributed by atoms with Crippen molar-refractivity contribution in [3.63, 3.8) is 0 Å². The third-order valence-corrected chi connectivity index (χ3v) is 2.60. The van der Waals surface area contributed by atoms with Crippen LogP contribution in [-0.2, 0) is 0 Å². The van der Waals surface area contributed by atoms with E-state index in [0.29, 0.717) is 11.3 Å². The van der Waals surface area contributed by atoms with E-state index in [1.165, 1.54) is 19.2 Å². The van der Waals surface area contributed by atoms with Crippen LogP contribution in [-0.4, -0.2) is 13.1 Å². The van der Waals surface area contributed by atoms with Crippen LogP contribution in [0.5, 0.6) is 11.5 Å². The molecule has 5 heteroatoms. The molecule has 0 saturated carbocycles. The van der Waals surface area contributed by atoms with Crippen LogP contribution in [0.4, 0.5) is 4.39 Å². The number of hydrogen-bond acceptors (Lipinski definition) is 4. The normalized spacial score (nSPS) is 9.65. The predicted molar refractivity (Wildman–Crippen MR) is 69.1 cm³/mol. The number of nitrogens with zero attached hydrogens (tertiary/aromatic N) is 1. The molecule has 0 fully saturated rings. The molecule has 0 unspecified atom stereocenters. The van der Waals surface area contributed by atoms with Gasteiger partial charge in [-0.25, -0.2) is 9.18 Å². The van der Waals surface area contributed by atoms with Gasteiger partial charge in [0.05, 0.1) is 18.2 Å². The molecule has 0 aliphatic carbocycles. The number of hydrogen-bond donors (Lipinski definition) is 0. The second-order valence-corrected chi connectivity index (χ2v) is 3.87. The maximum absolute atomic E-state index is 13.4. The molecule has 100 valence electrons. The van der Waals surface area contributed by atoms with Crippen molar-refractivity contribution in [2.75, 3.05) is 7.11 Å². The average Bonchev–Trinajstić information content (AvgIpc) is 2.47. The summed E-state index contributed by atoms with van der Waals surface area (Å²) in [4.78, 5) is 11.8. The number of methoxy groups -OCH3 is 1. The maximum Gasteiger partial charge on any atom is 0.343 e. The van der Waals surface area contributed by atoms with Gasteiger partial charge < -0.3 is 9.47 Å². The van der Waals surface area contributed by atoms with Gasteiger partial charge in [0.2, 0.25) is 0 Å². The number of carbonyl (C=O) groups is 1. The molecule has 0 heterocycles. The molecular weight excluding hydrogens is 261 g/mol. The quantitative estimate of drug-likeness (QED) is 0.636. The standard InChI is InChI=1S/C15H10FNO3/c1-19-12-5-2-10(3-6-12)15(18)20-13-7-4-11(9-17)14(16)8-13/h2-8H,1H3. The molecule has 0 aliphatic rings. The Hall–Kier alpha value is -2.87. The first-order valence-electron chi connectivity index (χ1n) is 5.70. The van der Waals surface area contributed by atoms with Gasteiger partial charge in [-0.05, 0) is 36.4 Å². The Kier molecular flexibility index (Phi) is 3.96. The number of esters is 1. The largest absolute Gasteiger partial charge is 0.497 e. The fourth-order valence-electron chi connectivity index (χ4n) is 1.54. The van der Waals surface area contributed by atoms with Gasteiger partial charge in [-0.1, -0.05) is 0 Å². The van der Waals surface area contributed by atoms with Gasteiger partial charge in [0.15, 0.2) is 0 Å². The Morgan fingerprint density at radius 3 is 2.35 bits per heavy atom. The highest BCUT2D eigenvalue weighted by Gasteiger charge is 2.10. The Morgan fingerprint density at radius 1 is 1.15 bits per heavy atom. The van der Waals surface area contributed by atoms with Crippen molar-refractivity contribution in [3.05, 3.63) is 59.4 Å². The smallest absolute Gasteiger partial charge is 0.343 e. The van der Waals surface area contributed by atoms with E-state index < -0.39 is 11.8 Å². The summed E-state index contributed by atoms with van der Waals surface area (Å²) in [7, 11) is 1.52. The van der Waals surface area contributed by atoms with Crippen molar-refractivity contribution in [2.24, 2.45) is 0 Å². The minimum Gasteiger partial charge on any atom is -0.497 e. The van der Waals surface area contributed by atoms with Gasteiger partial charge in [-0.2, -0.15) is 5.26 Å². The van der Waals surface area contributed by atoms with Crippen molar-refractivity contribution in [1.29, 1.82) is 5.26 Å². The van der Waals surface area contributed by atoms with E-state index in [1.807, 2.05) is 0 Å². The lowest BCUT2D eigenvalue weighted by molar-refractivity contribution is 0.0734. The number of carbonyl (C=O) groups excluding carboxylic acids is 1. The summed E-state index contributed by atoms with van der Waals surface area (Å²) in [6, 6.07) is 11.6.